The summed E-state index contributed by atoms with van der Waals surface area (Å²) in [5.41, 5.74) is 0.354. The lowest BCUT2D eigenvalue weighted by Crippen LogP contribution is -2.15. The molecule has 3 nitrogen and oxygen atoms in total. The van der Waals surface area contributed by atoms with E-state index in [0.29, 0.717) is 10.6 Å². The molecular weight excluding hydrogens is 411 g/mol. The van der Waals surface area contributed by atoms with Crippen molar-refractivity contribution in [2.75, 3.05) is 6.66 Å². The highest BCUT2D eigenvalue weighted by molar-refractivity contribution is 7.58. The molecule has 28 heavy (non-hydrogen) atoms. The molecule has 4 rings (SSSR count). The molecule has 142 valence electrons. The Balaban J connectivity index is 1.73. The summed E-state index contributed by atoms with van der Waals surface area (Å²) < 4.78 is 13.6. The van der Waals surface area contributed by atoms with Crippen LogP contribution in [-0.2, 0) is 15.8 Å². The van der Waals surface area contributed by atoms with E-state index in [1.165, 1.54) is 18.0 Å². The summed E-state index contributed by atoms with van der Waals surface area (Å²) in [7, 11) is -3.71. The Morgan fingerprint density at radius 3 is 2.61 bits per heavy atom. The Labute approximate surface area is 172 Å². The van der Waals surface area contributed by atoms with E-state index in [1.54, 1.807) is 17.5 Å². The quantitative estimate of drug-likeness (QED) is 0.371. The molecule has 1 aromatic heterocycles. The summed E-state index contributed by atoms with van der Waals surface area (Å²) in [6.07, 6.45) is 0.103. The molecule has 6 heteroatoms. The van der Waals surface area contributed by atoms with Crippen molar-refractivity contribution in [2.24, 2.45) is 0 Å². The molecule has 0 aliphatic rings. The van der Waals surface area contributed by atoms with Gasteiger partial charge in [0.25, 0.3) is 0 Å². The number of halogens is 1. The summed E-state index contributed by atoms with van der Waals surface area (Å²) in [6.45, 7) is 1.25. The van der Waals surface area contributed by atoms with Gasteiger partial charge in [0, 0.05) is 22.8 Å². The largest absolute Gasteiger partial charge is 0.344 e. The lowest BCUT2D eigenvalue weighted by molar-refractivity contribution is -0.118. The van der Waals surface area contributed by atoms with Crippen LogP contribution in [0.1, 0.15) is 16.8 Å². The Morgan fingerprint density at radius 1 is 1.11 bits per heavy atom. The molecule has 0 radical (unpaired) electrons. The van der Waals surface area contributed by atoms with E-state index in [2.05, 4.69) is 0 Å². The topological polar surface area (TPSA) is 54.4 Å². The maximum absolute atomic E-state index is 13.2. The molecule has 0 saturated heterocycles. The second kappa shape index (κ2) is 7.46. The van der Waals surface area contributed by atoms with Crippen LogP contribution in [0.25, 0.3) is 20.9 Å². The average molecular weight is 429 g/mol. The fourth-order valence-corrected chi connectivity index (χ4v) is 6.17. The zero-order valence-electron chi connectivity index (χ0n) is 15.1. The molecular formula is C22H18ClO3PS. The number of hydrogen-bond donors (Lipinski definition) is 1. The third-order valence-corrected chi connectivity index (χ3v) is 7.58. The van der Waals surface area contributed by atoms with Gasteiger partial charge in [0.05, 0.1) is 0 Å². The highest BCUT2D eigenvalue weighted by Crippen LogP contribution is 2.55. The van der Waals surface area contributed by atoms with Crippen LogP contribution >= 0.6 is 30.3 Å². The number of rotatable bonds is 5. The summed E-state index contributed by atoms with van der Waals surface area (Å²) >= 11 is 7.57. The predicted octanol–water partition coefficient (Wildman–Crippen LogP) is 6.46. The number of fused-ring (bicyclic) bond motifs is 2. The van der Waals surface area contributed by atoms with E-state index in [1.807, 2.05) is 48.5 Å². The van der Waals surface area contributed by atoms with Crippen LogP contribution in [0, 0.1) is 0 Å². The van der Waals surface area contributed by atoms with Gasteiger partial charge >= 0.3 is 0 Å². The fourth-order valence-electron chi connectivity index (χ4n) is 3.58. The number of carbonyl (C=O) groups excluding carboxylic acids is 1. The molecule has 0 aliphatic heterocycles. The van der Waals surface area contributed by atoms with Crippen LogP contribution in [0.3, 0.4) is 0 Å². The summed E-state index contributed by atoms with van der Waals surface area (Å²) in [6, 6.07) is 19.2. The van der Waals surface area contributed by atoms with Crippen molar-refractivity contribution in [1.82, 2.24) is 0 Å². The van der Waals surface area contributed by atoms with E-state index in [4.69, 9.17) is 11.6 Å². The number of thiophene rings is 1. The van der Waals surface area contributed by atoms with Crippen molar-refractivity contribution in [3.8, 4) is 0 Å². The van der Waals surface area contributed by atoms with Gasteiger partial charge in [-0.25, -0.2) is 0 Å². The molecule has 1 N–H and O–H groups in total. The van der Waals surface area contributed by atoms with Crippen LogP contribution in [0.4, 0.5) is 0 Å². The van der Waals surface area contributed by atoms with Gasteiger partial charge in [-0.1, -0.05) is 54.1 Å². The first kappa shape index (κ1) is 19.4. The lowest BCUT2D eigenvalue weighted by Gasteiger charge is -2.19. The smallest absolute Gasteiger partial charge is 0.212 e. The average Bonchev–Trinajstić information content (AvgIpc) is 3.03. The fraction of sp³-hybridized carbons (Fsp3) is 0.136. The minimum absolute atomic E-state index is 0.103. The second-order valence-electron chi connectivity index (χ2n) is 7.00. The van der Waals surface area contributed by atoms with Crippen molar-refractivity contribution in [1.29, 1.82) is 0 Å². The predicted molar refractivity (Wildman–Crippen MR) is 118 cm³/mol. The molecule has 3 aromatic carbocycles. The molecule has 4 aromatic rings. The van der Waals surface area contributed by atoms with Crippen molar-refractivity contribution >= 4 is 56.9 Å². The number of Topliss-reactive ketones (excluding diaryl/α,β-unsaturated/α-hetero) is 1. The first-order chi connectivity index (χ1) is 13.3. The van der Waals surface area contributed by atoms with E-state index in [9.17, 15) is 14.3 Å². The molecule has 0 amide bonds. The summed E-state index contributed by atoms with van der Waals surface area (Å²) in [5, 5.41) is 5.25. The Kier molecular flexibility index (Phi) is 5.15. The molecule has 1 heterocycles. The lowest BCUT2D eigenvalue weighted by atomic mass is 9.99. The standard InChI is InChI=1S/C22H18ClO3PS/c1-27(25,26)22(19-13-28-21-9-8-17(23)12-18(19)21)20(24)11-14-6-7-15-4-2-3-5-16(15)10-14/h2-10,12-13,22H,11H2,1H3,(H,25,26). The van der Waals surface area contributed by atoms with Crippen LogP contribution in [0.15, 0.2) is 66.0 Å². The van der Waals surface area contributed by atoms with Gasteiger partial charge in [-0.15, -0.1) is 11.3 Å². The maximum Gasteiger partial charge on any atom is 0.212 e. The van der Waals surface area contributed by atoms with Crippen LogP contribution < -0.4 is 0 Å². The molecule has 2 atom stereocenters. The van der Waals surface area contributed by atoms with Gasteiger partial charge in [0.1, 0.15) is 5.66 Å². The molecule has 0 aliphatic carbocycles. The van der Waals surface area contributed by atoms with Crippen molar-refractivity contribution in [3.63, 3.8) is 0 Å². The van der Waals surface area contributed by atoms with Crippen LogP contribution in [0.5, 0.6) is 0 Å². The van der Waals surface area contributed by atoms with Gasteiger partial charge in [-0.05, 0) is 50.9 Å². The third-order valence-electron chi connectivity index (χ3n) is 4.84. The van der Waals surface area contributed by atoms with E-state index >= 15 is 0 Å². The Bertz CT molecular complexity index is 1240. The van der Waals surface area contributed by atoms with Crippen LogP contribution in [-0.4, -0.2) is 17.3 Å². The van der Waals surface area contributed by atoms with E-state index < -0.39 is 13.0 Å². The van der Waals surface area contributed by atoms with Crippen molar-refractivity contribution in [3.05, 3.63) is 82.2 Å². The van der Waals surface area contributed by atoms with Gasteiger partial charge in [0.15, 0.2) is 5.78 Å². The maximum atomic E-state index is 13.2. The minimum Gasteiger partial charge on any atom is -0.344 e. The highest BCUT2D eigenvalue weighted by atomic mass is 35.5. The Morgan fingerprint density at radius 2 is 1.86 bits per heavy atom. The Hall–Kier alpha value is -1.97. The minimum atomic E-state index is -3.71. The second-order valence-corrected chi connectivity index (χ2v) is 10.8. The third kappa shape index (κ3) is 3.78. The molecule has 0 spiro atoms. The number of benzene rings is 3. The van der Waals surface area contributed by atoms with Gasteiger partial charge in [0.2, 0.25) is 7.37 Å². The summed E-state index contributed by atoms with van der Waals surface area (Å²) in [4.78, 5) is 23.6. The molecule has 0 fully saturated rings. The number of hydrogen-bond acceptors (Lipinski definition) is 3. The first-order valence-electron chi connectivity index (χ1n) is 8.80. The molecule has 0 saturated carbocycles. The zero-order valence-corrected chi connectivity index (χ0v) is 17.6. The van der Waals surface area contributed by atoms with Crippen molar-refractivity contribution in [2.45, 2.75) is 12.1 Å². The zero-order chi connectivity index (χ0) is 19.9. The van der Waals surface area contributed by atoms with Crippen LogP contribution in [0.2, 0.25) is 5.02 Å². The van der Waals surface area contributed by atoms with E-state index in [0.717, 1.165) is 26.4 Å². The van der Waals surface area contributed by atoms with Gasteiger partial charge in [-0.3, -0.25) is 9.36 Å². The number of carbonyl (C=O) groups is 1. The first-order valence-corrected chi connectivity index (χ1v) is 12.2. The van der Waals surface area contributed by atoms with Gasteiger partial charge in [-0.2, -0.15) is 0 Å². The monoisotopic (exact) mass is 428 g/mol. The van der Waals surface area contributed by atoms with Crippen molar-refractivity contribution < 1.29 is 14.3 Å². The van der Waals surface area contributed by atoms with Gasteiger partial charge < -0.3 is 4.89 Å². The normalized spacial score (nSPS) is 14.8. The molecule has 0 bridgehead atoms. The highest BCUT2D eigenvalue weighted by Gasteiger charge is 2.35. The SMILES string of the molecule is CP(=O)(O)C(C(=O)Cc1ccc2ccccc2c1)c1csc2ccc(Cl)cc12. The molecule has 2 unspecified atom stereocenters. The summed E-state index contributed by atoms with van der Waals surface area (Å²) in [5.74, 6) is -0.261. The van der Waals surface area contributed by atoms with E-state index in [-0.39, 0.29) is 12.2 Å². The number of ketones is 1.